The molecule has 1 aromatic rings. The number of nitrogens with zero attached hydrogens (tertiary/aromatic N) is 2. The highest BCUT2D eigenvalue weighted by Gasteiger charge is 2.23. The quantitative estimate of drug-likeness (QED) is 0.313. The van der Waals surface area contributed by atoms with Crippen molar-refractivity contribution < 1.29 is 20.2 Å². The number of hydrogen-bond donors (Lipinski definition) is 4. The Balaban J connectivity index is 0.00000400. The van der Waals surface area contributed by atoms with E-state index in [1.54, 1.807) is 18.0 Å². The number of aliphatic hydroxyl groups is 3. The average Bonchev–Trinajstić information content (AvgIpc) is 2.38. The zero-order valence-electron chi connectivity index (χ0n) is 11.6. The van der Waals surface area contributed by atoms with Crippen molar-refractivity contribution in [2.75, 3.05) is 37.4 Å². The Bertz CT molecular complexity index is 486. The summed E-state index contributed by atoms with van der Waals surface area (Å²) in [5.74, 6) is 0. The summed E-state index contributed by atoms with van der Waals surface area (Å²) < 4.78 is 0. The molecular formula is C12H20ClN3O5. The molecule has 21 heavy (non-hydrogen) atoms. The van der Waals surface area contributed by atoms with Crippen LogP contribution in [0.2, 0.25) is 0 Å². The Morgan fingerprint density at radius 3 is 2.52 bits per heavy atom. The molecule has 1 unspecified atom stereocenters. The Hall–Kier alpha value is -1.61. The van der Waals surface area contributed by atoms with E-state index in [-0.39, 0.29) is 42.4 Å². The number of aliphatic hydroxyl groups excluding tert-OH is 3. The molecule has 0 amide bonds. The van der Waals surface area contributed by atoms with Crippen LogP contribution in [0, 0.1) is 10.1 Å². The summed E-state index contributed by atoms with van der Waals surface area (Å²) in [5, 5.41) is 38.3. The second-order valence-corrected chi connectivity index (χ2v) is 4.45. The monoisotopic (exact) mass is 321 g/mol. The number of likely N-dealkylation sites (N-methyl/N-ethyl adjacent to an activating group) is 1. The smallest absolute Gasteiger partial charge is 0.297 e. The molecule has 1 aromatic carbocycles. The molecule has 0 fully saturated rings. The number of benzene rings is 1. The Labute approximate surface area is 128 Å². The van der Waals surface area contributed by atoms with Gasteiger partial charge in [-0.3, -0.25) is 10.1 Å². The number of anilines is 2. The molecule has 0 radical (unpaired) electrons. The number of nitro groups is 1. The van der Waals surface area contributed by atoms with Crippen LogP contribution in [0.4, 0.5) is 17.1 Å². The minimum absolute atomic E-state index is 0. The number of hydrogen-bond acceptors (Lipinski definition) is 7. The van der Waals surface area contributed by atoms with Crippen molar-refractivity contribution in [1.82, 2.24) is 0 Å². The number of nitrogens with two attached hydrogens (primary N) is 1. The standard InChI is InChI=1S/C12H19N3O5.ClH/c1-14(4-5-16)10-3-2-8(6-9(18)7-17)12(11(10)13)15(19)20;/h2-3,9,16-18H,4-7,13H2,1H3;1H. The average molecular weight is 322 g/mol. The predicted molar refractivity (Wildman–Crippen MR) is 81.9 cm³/mol. The summed E-state index contributed by atoms with van der Waals surface area (Å²) in [5.41, 5.74) is 6.22. The van der Waals surface area contributed by atoms with Gasteiger partial charge in [0, 0.05) is 25.6 Å². The lowest BCUT2D eigenvalue weighted by Gasteiger charge is -2.21. The van der Waals surface area contributed by atoms with E-state index in [1.165, 1.54) is 6.07 Å². The van der Waals surface area contributed by atoms with Gasteiger partial charge in [0.15, 0.2) is 0 Å². The summed E-state index contributed by atoms with van der Waals surface area (Å²) >= 11 is 0. The molecule has 0 aliphatic rings. The van der Waals surface area contributed by atoms with Gasteiger partial charge >= 0.3 is 0 Å². The van der Waals surface area contributed by atoms with E-state index in [9.17, 15) is 15.2 Å². The van der Waals surface area contributed by atoms with E-state index in [2.05, 4.69) is 0 Å². The first-order valence-electron chi connectivity index (χ1n) is 6.09. The maximum Gasteiger partial charge on any atom is 0.297 e. The van der Waals surface area contributed by atoms with Crippen LogP contribution < -0.4 is 10.6 Å². The van der Waals surface area contributed by atoms with E-state index in [0.29, 0.717) is 12.2 Å². The van der Waals surface area contributed by atoms with E-state index < -0.39 is 17.6 Å². The molecule has 1 atom stereocenters. The number of rotatable bonds is 7. The maximum atomic E-state index is 11.2. The van der Waals surface area contributed by atoms with Crippen LogP contribution in [-0.4, -0.2) is 53.2 Å². The molecule has 1 rings (SSSR count). The molecule has 0 saturated carbocycles. The molecule has 0 heterocycles. The minimum Gasteiger partial charge on any atom is -0.395 e. The summed E-state index contributed by atoms with van der Waals surface area (Å²) in [6, 6.07) is 3.09. The Kier molecular flexibility index (Phi) is 7.97. The Morgan fingerprint density at radius 1 is 1.43 bits per heavy atom. The highest BCUT2D eigenvalue weighted by Crippen LogP contribution is 2.35. The van der Waals surface area contributed by atoms with Crippen LogP contribution in [0.1, 0.15) is 5.56 Å². The fourth-order valence-electron chi connectivity index (χ4n) is 1.94. The fraction of sp³-hybridized carbons (Fsp3) is 0.500. The summed E-state index contributed by atoms with van der Waals surface area (Å²) in [6.07, 6.45) is -1.13. The van der Waals surface area contributed by atoms with E-state index in [4.69, 9.17) is 15.9 Å². The SMILES string of the molecule is CN(CCO)c1ccc(CC(O)CO)c([N+](=O)[O-])c1N.Cl. The zero-order chi connectivity index (χ0) is 15.3. The molecule has 120 valence electrons. The number of halogens is 1. The van der Waals surface area contributed by atoms with Crippen LogP contribution in [0.15, 0.2) is 12.1 Å². The van der Waals surface area contributed by atoms with E-state index >= 15 is 0 Å². The third-order valence-electron chi connectivity index (χ3n) is 2.97. The Morgan fingerprint density at radius 2 is 2.05 bits per heavy atom. The molecule has 0 saturated heterocycles. The molecule has 0 aliphatic heterocycles. The molecule has 0 aliphatic carbocycles. The van der Waals surface area contributed by atoms with Crippen LogP contribution in [-0.2, 0) is 6.42 Å². The second-order valence-electron chi connectivity index (χ2n) is 4.45. The van der Waals surface area contributed by atoms with Crippen molar-refractivity contribution in [3.05, 3.63) is 27.8 Å². The topological polar surface area (TPSA) is 133 Å². The van der Waals surface area contributed by atoms with Gasteiger partial charge in [-0.25, -0.2) is 0 Å². The lowest BCUT2D eigenvalue weighted by Crippen LogP contribution is -2.23. The summed E-state index contributed by atoms with van der Waals surface area (Å²) in [6.45, 7) is -0.294. The van der Waals surface area contributed by atoms with Crippen LogP contribution in [0.3, 0.4) is 0 Å². The van der Waals surface area contributed by atoms with Crippen molar-refractivity contribution in [2.45, 2.75) is 12.5 Å². The van der Waals surface area contributed by atoms with Crippen LogP contribution >= 0.6 is 12.4 Å². The van der Waals surface area contributed by atoms with Crippen molar-refractivity contribution in [3.8, 4) is 0 Å². The molecule has 8 nitrogen and oxygen atoms in total. The largest absolute Gasteiger partial charge is 0.395 e. The third kappa shape index (κ3) is 4.71. The van der Waals surface area contributed by atoms with Gasteiger partial charge < -0.3 is 26.0 Å². The van der Waals surface area contributed by atoms with Crippen LogP contribution in [0.25, 0.3) is 0 Å². The first kappa shape index (κ1) is 19.4. The van der Waals surface area contributed by atoms with E-state index in [0.717, 1.165) is 0 Å². The zero-order valence-corrected chi connectivity index (χ0v) is 12.4. The molecule has 0 aromatic heterocycles. The maximum absolute atomic E-state index is 11.2. The summed E-state index contributed by atoms with van der Waals surface area (Å²) in [7, 11) is 1.66. The van der Waals surface area contributed by atoms with Gasteiger partial charge in [0.2, 0.25) is 0 Å². The highest BCUT2D eigenvalue weighted by molar-refractivity contribution is 5.85. The van der Waals surface area contributed by atoms with Crippen molar-refractivity contribution in [2.24, 2.45) is 0 Å². The van der Waals surface area contributed by atoms with Crippen molar-refractivity contribution in [1.29, 1.82) is 0 Å². The van der Waals surface area contributed by atoms with Gasteiger partial charge in [-0.05, 0) is 12.1 Å². The highest BCUT2D eigenvalue weighted by atomic mass is 35.5. The first-order valence-corrected chi connectivity index (χ1v) is 6.09. The van der Waals surface area contributed by atoms with Gasteiger partial charge in [0.05, 0.1) is 29.9 Å². The minimum atomic E-state index is -1.07. The molecule has 0 bridgehead atoms. The van der Waals surface area contributed by atoms with E-state index in [1.807, 2.05) is 0 Å². The van der Waals surface area contributed by atoms with Gasteiger partial charge in [-0.1, -0.05) is 0 Å². The summed E-state index contributed by atoms with van der Waals surface area (Å²) in [4.78, 5) is 12.2. The molecular weight excluding hydrogens is 302 g/mol. The molecule has 5 N–H and O–H groups in total. The lowest BCUT2D eigenvalue weighted by atomic mass is 10.0. The number of nitrogen functional groups attached to an aromatic ring is 1. The third-order valence-corrected chi connectivity index (χ3v) is 2.97. The van der Waals surface area contributed by atoms with Crippen molar-refractivity contribution >= 4 is 29.5 Å². The second kappa shape index (κ2) is 8.63. The van der Waals surface area contributed by atoms with Crippen molar-refractivity contribution in [3.63, 3.8) is 0 Å². The van der Waals surface area contributed by atoms with Gasteiger partial charge in [-0.2, -0.15) is 0 Å². The van der Waals surface area contributed by atoms with Gasteiger partial charge in [0.1, 0.15) is 5.69 Å². The molecule has 0 spiro atoms. The molecule has 9 heteroatoms. The van der Waals surface area contributed by atoms with Gasteiger partial charge in [0.25, 0.3) is 5.69 Å². The van der Waals surface area contributed by atoms with Crippen LogP contribution in [0.5, 0.6) is 0 Å². The number of nitro benzene ring substituents is 1. The fourth-order valence-corrected chi connectivity index (χ4v) is 1.94. The normalized spacial score (nSPS) is 11.6. The lowest BCUT2D eigenvalue weighted by molar-refractivity contribution is -0.384. The predicted octanol–water partition coefficient (Wildman–Crippen LogP) is -0.0770. The van der Waals surface area contributed by atoms with Gasteiger partial charge in [-0.15, -0.1) is 12.4 Å². The first-order chi connectivity index (χ1) is 9.42.